The van der Waals surface area contributed by atoms with E-state index in [0.29, 0.717) is 21.2 Å². The number of rotatable bonds is 2. The maximum Gasteiger partial charge on any atom is 0.193 e. The lowest BCUT2D eigenvalue weighted by molar-refractivity contribution is 0.103. The summed E-state index contributed by atoms with van der Waals surface area (Å²) in [4.78, 5) is 16.7. The second kappa shape index (κ2) is 5.23. The minimum atomic E-state index is -0.123. The number of carbonyl (C=O) groups excluding carboxylic acids is 1. The van der Waals surface area contributed by atoms with Gasteiger partial charge in [0, 0.05) is 32.8 Å². The van der Waals surface area contributed by atoms with Crippen molar-refractivity contribution in [3.8, 4) is 0 Å². The molecule has 1 heterocycles. The lowest BCUT2D eigenvalue weighted by Gasteiger charge is -2.04. The molecule has 1 aromatic heterocycles. The molecule has 0 amide bonds. The summed E-state index contributed by atoms with van der Waals surface area (Å²) in [5.41, 5.74) is 1.82. The average Bonchev–Trinajstić information content (AvgIpc) is 2.45. The summed E-state index contributed by atoms with van der Waals surface area (Å²) < 4.78 is 0. The van der Waals surface area contributed by atoms with E-state index in [-0.39, 0.29) is 5.78 Å². The summed E-state index contributed by atoms with van der Waals surface area (Å²) in [5.74, 6) is -0.123. The molecule has 0 fully saturated rings. The molecule has 0 aliphatic carbocycles. The van der Waals surface area contributed by atoms with Crippen molar-refractivity contribution in [2.75, 3.05) is 0 Å². The summed E-state index contributed by atoms with van der Waals surface area (Å²) in [5, 5.41) is 1.88. The summed E-state index contributed by atoms with van der Waals surface area (Å²) in [6.07, 6.45) is 1.70. The summed E-state index contributed by atoms with van der Waals surface area (Å²) in [6.45, 7) is 0. The average molecular weight is 302 g/mol. The minimum Gasteiger partial charge on any atom is -0.289 e. The molecule has 98 valence electrons. The van der Waals surface area contributed by atoms with E-state index in [9.17, 15) is 4.79 Å². The number of hydrogen-bond donors (Lipinski definition) is 0. The molecule has 0 aliphatic heterocycles. The molecule has 0 saturated heterocycles. The first-order valence-electron chi connectivity index (χ1n) is 5.99. The molecule has 2 nitrogen and oxygen atoms in total. The monoisotopic (exact) mass is 301 g/mol. The molecule has 2 aromatic carbocycles. The number of fused-ring (bicyclic) bond motifs is 1. The Morgan fingerprint density at radius 2 is 1.65 bits per heavy atom. The fourth-order valence-corrected chi connectivity index (χ4v) is 2.59. The molecule has 0 spiro atoms. The second-order valence-electron chi connectivity index (χ2n) is 4.40. The smallest absolute Gasteiger partial charge is 0.193 e. The first-order chi connectivity index (χ1) is 9.63. The van der Waals surface area contributed by atoms with Crippen LogP contribution in [0.4, 0.5) is 0 Å². The Hall–Kier alpha value is -1.90. The lowest BCUT2D eigenvalue weighted by atomic mass is 10.0. The van der Waals surface area contributed by atoms with Crippen molar-refractivity contribution < 1.29 is 4.79 Å². The Morgan fingerprint density at radius 3 is 2.40 bits per heavy atom. The van der Waals surface area contributed by atoms with Gasteiger partial charge in [-0.05, 0) is 30.3 Å². The number of benzene rings is 2. The van der Waals surface area contributed by atoms with E-state index in [2.05, 4.69) is 4.98 Å². The van der Waals surface area contributed by atoms with E-state index in [1.165, 1.54) is 0 Å². The second-order valence-corrected chi connectivity index (χ2v) is 5.27. The van der Waals surface area contributed by atoms with Crippen LogP contribution in [-0.2, 0) is 0 Å². The van der Waals surface area contributed by atoms with Gasteiger partial charge in [0.15, 0.2) is 5.78 Å². The molecule has 0 atom stereocenters. The quantitative estimate of drug-likeness (QED) is 0.638. The van der Waals surface area contributed by atoms with Gasteiger partial charge in [0.05, 0.1) is 5.52 Å². The lowest BCUT2D eigenvalue weighted by Crippen LogP contribution is -2.01. The van der Waals surface area contributed by atoms with Gasteiger partial charge in [-0.15, -0.1) is 0 Å². The standard InChI is InChI=1S/C16H9Cl2NO/c17-13-6-12(7-14(18)9-13)16(20)11-4-3-10-2-1-5-19-15(10)8-11/h1-9H. The highest BCUT2D eigenvalue weighted by Crippen LogP contribution is 2.22. The molecule has 0 saturated carbocycles. The van der Waals surface area contributed by atoms with E-state index >= 15 is 0 Å². The van der Waals surface area contributed by atoms with Gasteiger partial charge in [-0.2, -0.15) is 0 Å². The van der Waals surface area contributed by atoms with E-state index in [4.69, 9.17) is 23.2 Å². The summed E-state index contributed by atoms with van der Waals surface area (Å²) >= 11 is 11.9. The van der Waals surface area contributed by atoms with Crippen molar-refractivity contribution in [3.63, 3.8) is 0 Å². The van der Waals surface area contributed by atoms with Crippen LogP contribution in [-0.4, -0.2) is 10.8 Å². The third-order valence-electron chi connectivity index (χ3n) is 2.99. The van der Waals surface area contributed by atoms with Crippen LogP contribution >= 0.6 is 23.2 Å². The zero-order valence-electron chi connectivity index (χ0n) is 10.3. The molecule has 3 rings (SSSR count). The molecule has 3 aromatic rings. The third-order valence-corrected chi connectivity index (χ3v) is 3.43. The number of carbonyl (C=O) groups is 1. The predicted molar refractivity (Wildman–Crippen MR) is 81.6 cm³/mol. The summed E-state index contributed by atoms with van der Waals surface area (Å²) in [7, 11) is 0. The molecule has 20 heavy (non-hydrogen) atoms. The Balaban J connectivity index is 2.07. The van der Waals surface area contributed by atoms with Crippen molar-refractivity contribution in [3.05, 3.63) is 75.9 Å². The fourth-order valence-electron chi connectivity index (χ4n) is 2.06. The molecule has 0 aliphatic rings. The van der Waals surface area contributed by atoms with Crippen molar-refractivity contribution in [2.24, 2.45) is 0 Å². The molecule has 0 N–H and O–H groups in total. The van der Waals surface area contributed by atoms with E-state index < -0.39 is 0 Å². The maximum atomic E-state index is 12.4. The topological polar surface area (TPSA) is 30.0 Å². The van der Waals surface area contributed by atoms with Crippen LogP contribution in [0.3, 0.4) is 0 Å². The minimum absolute atomic E-state index is 0.123. The number of halogens is 2. The Morgan fingerprint density at radius 1 is 0.900 bits per heavy atom. The Labute approximate surface area is 126 Å². The van der Waals surface area contributed by atoms with Crippen molar-refractivity contribution >= 4 is 39.9 Å². The van der Waals surface area contributed by atoms with Gasteiger partial charge in [0.25, 0.3) is 0 Å². The van der Waals surface area contributed by atoms with Crippen LogP contribution < -0.4 is 0 Å². The SMILES string of the molecule is O=C(c1cc(Cl)cc(Cl)c1)c1ccc2cccnc2c1. The van der Waals surface area contributed by atoms with Gasteiger partial charge in [-0.25, -0.2) is 0 Å². The molecule has 0 radical (unpaired) electrons. The van der Waals surface area contributed by atoms with E-state index in [1.807, 2.05) is 18.2 Å². The van der Waals surface area contributed by atoms with Gasteiger partial charge >= 0.3 is 0 Å². The van der Waals surface area contributed by atoms with Crippen LogP contribution in [0.1, 0.15) is 15.9 Å². The molecular weight excluding hydrogens is 293 g/mol. The number of pyridine rings is 1. The molecule has 0 bridgehead atoms. The van der Waals surface area contributed by atoms with Crippen molar-refractivity contribution in [2.45, 2.75) is 0 Å². The fraction of sp³-hybridized carbons (Fsp3) is 0. The van der Waals surface area contributed by atoms with Crippen LogP contribution in [0.5, 0.6) is 0 Å². The Kier molecular flexibility index (Phi) is 3.43. The van der Waals surface area contributed by atoms with Crippen LogP contribution in [0, 0.1) is 0 Å². The molecule has 0 unspecified atom stereocenters. The van der Waals surface area contributed by atoms with Gasteiger partial charge in [-0.1, -0.05) is 41.4 Å². The van der Waals surface area contributed by atoms with Crippen LogP contribution in [0.2, 0.25) is 10.0 Å². The van der Waals surface area contributed by atoms with E-state index in [0.717, 1.165) is 10.9 Å². The predicted octanol–water partition coefficient (Wildman–Crippen LogP) is 4.77. The molecule has 4 heteroatoms. The first-order valence-corrected chi connectivity index (χ1v) is 6.75. The van der Waals surface area contributed by atoms with Crippen molar-refractivity contribution in [1.29, 1.82) is 0 Å². The highest BCUT2D eigenvalue weighted by molar-refractivity contribution is 6.35. The van der Waals surface area contributed by atoms with Gasteiger partial charge in [0.2, 0.25) is 0 Å². The van der Waals surface area contributed by atoms with Crippen molar-refractivity contribution in [1.82, 2.24) is 4.98 Å². The van der Waals surface area contributed by atoms with Gasteiger partial charge in [-0.3, -0.25) is 9.78 Å². The number of hydrogen-bond acceptors (Lipinski definition) is 2. The highest BCUT2D eigenvalue weighted by atomic mass is 35.5. The van der Waals surface area contributed by atoms with Crippen LogP contribution in [0.25, 0.3) is 10.9 Å². The largest absolute Gasteiger partial charge is 0.289 e. The first kappa shape index (κ1) is 13.1. The number of aromatic nitrogens is 1. The highest BCUT2D eigenvalue weighted by Gasteiger charge is 2.11. The zero-order valence-corrected chi connectivity index (χ0v) is 11.8. The maximum absolute atomic E-state index is 12.4. The Bertz CT molecular complexity index is 794. The van der Waals surface area contributed by atoms with Gasteiger partial charge < -0.3 is 0 Å². The number of ketones is 1. The summed E-state index contributed by atoms with van der Waals surface area (Å²) in [6, 6.07) is 14.1. The normalized spacial score (nSPS) is 10.7. The van der Waals surface area contributed by atoms with Crippen LogP contribution in [0.15, 0.2) is 54.7 Å². The number of nitrogens with zero attached hydrogens (tertiary/aromatic N) is 1. The van der Waals surface area contributed by atoms with E-state index in [1.54, 1.807) is 36.5 Å². The third kappa shape index (κ3) is 2.53. The molecular formula is C16H9Cl2NO. The van der Waals surface area contributed by atoms with Gasteiger partial charge in [0.1, 0.15) is 0 Å². The zero-order chi connectivity index (χ0) is 14.1.